The van der Waals surface area contributed by atoms with Gasteiger partial charge < -0.3 is 25.0 Å². The van der Waals surface area contributed by atoms with E-state index in [1.54, 1.807) is 26.5 Å². The highest BCUT2D eigenvalue weighted by Crippen LogP contribution is 2.27. The second kappa shape index (κ2) is 9.62. The molecule has 0 saturated heterocycles. The fraction of sp³-hybridized carbons (Fsp3) is 0.368. The number of hydrogen-bond donors (Lipinski definition) is 2. The summed E-state index contributed by atoms with van der Waals surface area (Å²) in [5.74, 6) is 1.06. The second-order valence-electron chi connectivity index (χ2n) is 6.03. The number of carbonyl (C=O) groups excluding carboxylic acids is 1. The molecule has 0 saturated carbocycles. The SMILES string of the molecule is COc1ccc(CNC(=O)c2ccc(NCCN(C)C)cn2)cc1OC. The Labute approximate surface area is 154 Å². The van der Waals surface area contributed by atoms with Gasteiger partial charge in [-0.15, -0.1) is 0 Å². The van der Waals surface area contributed by atoms with Gasteiger partial charge in [0.1, 0.15) is 5.69 Å². The van der Waals surface area contributed by atoms with Crippen molar-refractivity contribution in [2.24, 2.45) is 0 Å². The van der Waals surface area contributed by atoms with E-state index in [1.165, 1.54) is 0 Å². The van der Waals surface area contributed by atoms with Gasteiger partial charge in [-0.25, -0.2) is 4.98 Å². The monoisotopic (exact) mass is 358 g/mol. The molecular weight excluding hydrogens is 332 g/mol. The van der Waals surface area contributed by atoms with Crippen molar-refractivity contribution in [3.63, 3.8) is 0 Å². The molecule has 140 valence electrons. The van der Waals surface area contributed by atoms with Crippen LogP contribution < -0.4 is 20.1 Å². The lowest BCUT2D eigenvalue weighted by molar-refractivity contribution is 0.0946. The van der Waals surface area contributed by atoms with Gasteiger partial charge in [0, 0.05) is 19.6 Å². The molecule has 7 nitrogen and oxygen atoms in total. The van der Waals surface area contributed by atoms with E-state index in [-0.39, 0.29) is 5.91 Å². The molecule has 1 aromatic heterocycles. The maximum absolute atomic E-state index is 12.3. The molecule has 0 radical (unpaired) electrons. The van der Waals surface area contributed by atoms with E-state index < -0.39 is 0 Å². The molecule has 0 fully saturated rings. The third-order valence-corrected chi connectivity index (χ3v) is 3.79. The van der Waals surface area contributed by atoms with E-state index in [9.17, 15) is 4.79 Å². The fourth-order valence-electron chi connectivity index (χ4n) is 2.32. The minimum atomic E-state index is -0.223. The molecule has 2 rings (SSSR count). The van der Waals surface area contributed by atoms with Crippen LogP contribution in [-0.2, 0) is 6.54 Å². The summed E-state index contributed by atoms with van der Waals surface area (Å²) >= 11 is 0. The Balaban J connectivity index is 1.89. The third-order valence-electron chi connectivity index (χ3n) is 3.79. The lowest BCUT2D eigenvalue weighted by Crippen LogP contribution is -2.24. The normalized spacial score (nSPS) is 10.5. The van der Waals surface area contributed by atoms with Crippen LogP contribution in [0, 0.1) is 0 Å². The molecule has 0 spiro atoms. The minimum absolute atomic E-state index is 0.223. The first-order valence-electron chi connectivity index (χ1n) is 8.37. The molecule has 1 heterocycles. The molecule has 26 heavy (non-hydrogen) atoms. The Morgan fingerprint density at radius 1 is 1.12 bits per heavy atom. The summed E-state index contributed by atoms with van der Waals surface area (Å²) in [5, 5.41) is 6.12. The van der Waals surface area contributed by atoms with Gasteiger partial charge in [-0.2, -0.15) is 0 Å². The summed E-state index contributed by atoms with van der Waals surface area (Å²) in [4.78, 5) is 18.6. The average molecular weight is 358 g/mol. The summed E-state index contributed by atoms with van der Waals surface area (Å²) in [7, 11) is 7.21. The van der Waals surface area contributed by atoms with E-state index in [2.05, 4.69) is 20.5 Å². The van der Waals surface area contributed by atoms with E-state index in [4.69, 9.17) is 9.47 Å². The highest BCUT2D eigenvalue weighted by atomic mass is 16.5. The molecule has 7 heteroatoms. The van der Waals surface area contributed by atoms with Crippen LogP contribution in [0.2, 0.25) is 0 Å². The van der Waals surface area contributed by atoms with Crippen LogP contribution in [0.1, 0.15) is 16.1 Å². The van der Waals surface area contributed by atoms with Gasteiger partial charge in [-0.1, -0.05) is 6.07 Å². The second-order valence-corrected chi connectivity index (χ2v) is 6.03. The van der Waals surface area contributed by atoms with E-state index in [0.717, 1.165) is 24.3 Å². The largest absolute Gasteiger partial charge is 0.493 e. The van der Waals surface area contributed by atoms with Crippen molar-refractivity contribution >= 4 is 11.6 Å². The summed E-state index contributed by atoms with van der Waals surface area (Å²) in [5.41, 5.74) is 2.19. The van der Waals surface area contributed by atoms with Gasteiger partial charge >= 0.3 is 0 Å². The summed E-state index contributed by atoms with van der Waals surface area (Å²) in [6.07, 6.45) is 1.67. The van der Waals surface area contributed by atoms with Crippen molar-refractivity contribution in [2.45, 2.75) is 6.54 Å². The maximum Gasteiger partial charge on any atom is 0.270 e. The van der Waals surface area contributed by atoms with E-state index in [1.807, 2.05) is 38.4 Å². The number of likely N-dealkylation sites (N-methyl/N-ethyl adjacent to an activating group) is 1. The molecule has 0 bridgehead atoms. The first-order valence-corrected chi connectivity index (χ1v) is 8.37. The molecule has 2 aromatic rings. The minimum Gasteiger partial charge on any atom is -0.493 e. The summed E-state index contributed by atoms with van der Waals surface area (Å²) in [6, 6.07) is 9.10. The first-order chi connectivity index (χ1) is 12.5. The van der Waals surface area contributed by atoms with Gasteiger partial charge in [0.2, 0.25) is 0 Å². The van der Waals surface area contributed by atoms with Crippen molar-refractivity contribution in [3.8, 4) is 11.5 Å². The molecule has 0 atom stereocenters. The number of nitrogens with zero attached hydrogens (tertiary/aromatic N) is 2. The van der Waals surface area contributed by atoms with Gasteiger partial charge in [0.15, 0.2) is 11.5 Å². The van der Waals surface area contributed by atoms with Crippen molar-refractivity contribution in [2.75, 3.05) is 46.7 Å². The predicted octanol–water partition coefficient (Wildman–Crippen LogP) is 2.00. The number of amides is 1. The Hall–Kier alpha value is -2.80. The quantitative estimate of drug-likeness (QED) is 0.714. The van der Waals surface area contributed by atoms with Crippen LogP contribution in [-0.4, -0.2) is 57.2 Å². The molecule has 2 N–H and O–H groups in total. The zero-order valence-corrected chi connectivity index (χ0v) is 15.7. The number of rotatable bonds is 9. The summed E-state index contributed by atoms with van der Waals surface area (Å²) in [6.45, 7) is 2.12. The molecule has 0 aliphatic rings. The zero-order chi connectivity index (χ0) is 18.9. The Morgan fingerprint density at radius 2 is 1.88 bits per heavy atom. The lowest BCUT2D eigenvalue weighted by Gasteiger charge is -2.12. The number of ether oxygens (including phenoxy) is 2. The van der Waals surface area contributed by atoms with Crippen molar-refractivity contribution in [3.05, 3.63) is 47.8 Å². The van der Waals surface area contributed by atoms with Gasteiger partial charge in [-0.3, -0.25) is 4.79 Å². The Bertz CT molecular complexity index is 717. The first kappa shape index (κ1) is 19.5. The van der Waals surface area contributed by atoms with Crippen LogP contribution in [0.15, 0.2) is 36.5 Å². The average Bonchev–Trinajstić information content (AvgIpc) is 2.66. The van der Waals surface area contributed by atoms with Crippen LogP contribution in [0.3, 0.4) is 0 Å². The number of benzene rings is 1. The predicted molar refractivity (Wildman–Crippen MR) is 102 cm³/mol. The number of carbonyl (C=O) groups is 1. The smallest absolute Gasteiger partial charge is 0.270 e. The van der Waals surface area contributed by atoms with Crippen LogP contribution >= 0.6 is 0 Å². The lowest BCUT2D eigenvalue weighted by atomic mass is 10.2. The third kappa shape index (κ3) is 5.63. The molecule has 0 aliphatic carbocycles. The molecule has 1 aromatic carbocycles. The van der Waals surface area contributed by atoms with Crippen LogP contribution in [0.25, 0.3) is 0 Å². The van der Waals surface area contributed by atoms with Crippen molar-refractivity contribution in [1.82, 2.24) is 15.2 Å². The summed E-state index contributed by atoms with van der Waals surface area (Å²) < 4.78 is 10.5. The van der Waals surface area contributed by atoms with Crippen molar-refractivity contribution in [1.29, 1.82) is 0 Å². The number of anilines is 1. The topological polar surface area (TPSA) is 75.7 Å². The fourth-order valence-corrected chi connectivity index (χ4v) is 2.32. The molecule has 1 amide bonds. The molecular formula is C19H26N4O3. The number of methoxy groups -OCH3 is 2. The maximum atomic E-state index is 12.3. The zero-order valence-electron chi connectivity index (χ0n) is 15.7. The van der Waals surface area contributed by atoms with Gasteiger partial charge in [0.25, 0.3) is 5.91 Å². The highest BCUT2D eigenvalue weighted by molar-refractivity contribution is 5.92. The van der Waals surface area contributed by atoms with Crippen LogP contribution in [0.4, 0.5) is 5.69 Å². The number of aromatic nitrogens is 1. The number of pyridine rings is 1. The number of hydrogen-bond acceptors (Lipinski definition) is 6. The van der Waals surface area contributed by atoms with E-state index in [0.29, 0.717) is 23.7 Å². The molecule has 0 unspecified atom stereocenters. The number of nitrogens with one attached hydrogen (secondary N) is 2. The highest BCUT2D eigenvalue weighted by Gasteiger charge is 2.09. The Morgan fingerprint density at radius 3 is 2.50 bits per heavy atom. The Kier molecular flexibility index (Phi) is 7.23. The molecule has 0 aliphatic heterocycles. The standard InChI is InChI=1S/C19H26N4O3/c1-23(2)10-9-20-15-6-7-16(21-13-15)19(24)22-12-14-5-8-17(25-3)18(11-14)26-4/h5-8,11,13,20H,9-10,12H2,1-4H3,(H,22,24). The van der Waals surface area contributed by atoms with Gasteiger partial charge in [-0.05, 0) is 43.9 Å². The van der Waals surface area contributed by atoms with Crippen molar-refractivity contribution < 1.29 is 14.3 Å². The van der Waals surface area contributed by atoms with Crippen LogP contribution in [0.5, 0.6) is 11.5 Å². The van der Waals surface area contributed by atoms with Gasteiger partial charge in [0.05, 0.1) is 26.1 Å². The van der Waals surface area contributed by atoms with E-state index >= 15 is 0 Å².